The Balaban J connectivity index is 2.19. The van der Waals surface area contributed by atoms with Crippen LogP contribution in [0.15, 0.2) is 0 Å². The summed E-state index contributed by atoms with van der Waals surface area (Å²) in [5, 5.41) is 3.33. The topological polar surface area (TPSA) is 38.3 Å². The van der Waals surface area contributed by atoms with Crippen LogP contribution in [-0.4, -0.2) is 25.2 Å². The molecule has 1 rings (SSSR count). The first-order chi connectivity index (χ1) is 7.77. The Morgan fingerprint density at radius 1 is 1.50 bits per heavy atom. The van der Waals surface area contributed by atoms with Crippen LogP contribution >= 0.6 is 0 Å². The van der Waals surface area contributed by atoms with E-state index >= 15 is 0 Å². The van der Waals surface area contributed by atoms with Crippen molar-refractivity contribution >= 4 is 5.97 Å². The molecule has 1 aliphatic rings. The second-order valence-corrected chi connectivity index (χ2v) is 4.67. The smallest absolute Gasteiger partial charge is 0.308 e. The van der Waals surface area contributed by atoms with Gasteiger partial charge in [-0.3, -0.25) is 4.79 Å². The summed E-state index contributed by atoms with van der Waals surface area (Å²) in [6.07, 6.45) is 6.48. The van der Waals surface area contributed by atoms with Crippen LogP contribution in [0.1, 0.15) is 52.4 Å². The van der Waals surface area contributed by atoms with Crippen molar-refractivity contribution in [3.05, 3.63) is 0 Å². The summed E-state index contributed by atoms with van der Waals surface area (Å²) >= 11 is 0. The molecule has 94 valence electrons. The van der Waals surface area contributed by atoms with Crippen LogP contribution in [0.2, 0.25) is 0 Å². The van der Waals surface area contributed by atoms with Crippen LogP contribution in [0.4, 0.5) is 0 Å². The molecule has 0 aromatic rings. The van der Waals surface area contributed by atoms with Crippen molar-refractivity contribution in [2.45, 2.75) is 58.4 Å². The minimum atomic E-state index is 0.00431. The highest BCUT2D eigenvalue weighted by molar-refractivity contribution is 5.72. The Morgan fingerprint density at radius 3 is 2.88 bits per heavy atom. The predicted molar refractivity (Wildman–Crippen MR) is 65.3 cm³/mol. The van der Waals surface area contributed by atoms with Gasteiger partial charge in [0.05, 0.1) is 5.92 Å². The molecule has 0 spiro atoms. The molecule has 1 N–H and O–H groups in total. The van der Waals surface area contributed by atoms with Crippen molar-refractivity contribution < 1.29 is 9.53 Å². The number of esters is 1. The number of hydrogen-bond acceptors (Lipinski definition) is 3. The van der Waals surface area contributed by atoms with Crippen molar-refractivity contribution in [3.8, 4) is 0 Å². The molecule has 1 unspecified atom stereocenters. The first-order valence-corrected chi connectivity index (χ1v) is 6.68. The maximum absolute atomic E-state index is 11.8. The molecule has 0 aromatic heterocycles. The van der Waals surface area contributed by atoms with Crippen molar-refractivity contribution in [1.29, 1.82) is 0 Å². The second-order valence-electron chi connectivity index (χ2n) is 4.67. The van der Waals surface area contributed by atoms with Crippen molar-refractivity contribution in [1.82, 2.24) is 5.32 Å². The molecule has 16 heavy (non-hydrogen) atoms. The van der Waals surface area contributed by atoms with Gasteiger partial charge in [-0.1, -0.05) is 26.7 Å². The minimum absolute atomic E-state index is 0.00431. The lowest BCUT2D eigenvalue weighted by molar-refractivity contribution is -0.149. The van der Waals surface area contributed by atoms with Gasteiger partial charge < -0.3 is 10.1 Å². The number of unbranched alkanes of at least 4 members (excludes halogenated alkanes) is 1. The largest absolute Gasteiger partial charge is 0.464 e. The van der Waals surface area contributed by atoms with Gasteiger partial charge in [0.1, 0.15) is 6.61 Å². The van der Waals surface area contributed by atoms with Gasteiger partial charge in [-0.25, -0.2) is 0 Å². The standard InChI is InChI=1S/C13H25NO2/c1-3-5-7-11(4-2)13(15)16-10-12-8-6-9-14-12/h11-12,14H,3-10H2,1-2H3/t11?,12-/m0/s1. The van der Waals surface area contributed by atoms with Crippen molar-refractivity contribution in [2.75, 3.05) is 13.2 Å². The molecular formula is C13H25NO2. The monoisotopic (exact) mass is 227 g/mol. The fourth-order valence-electron chi connectivity index (χ4n) is 2.14. The predicted octanol–water partition coefficient (Wildman–Crippen LogP) is 2.50. The molecule has 0 radical (unpaired) electrons. The van der Waals surface area contributed by atoms with Gasteiger partial charge in [0.15, 0.2) is 0 Å². The highest BCUT2D eigenvalue weighted by atomic mass is 16.5. The lowest BCUT2D eigenvalue weighted by atomic mass is 10.00. The lowest BCUT2D eigenvalue weighted by Crippen LogP contribution is -2.30. The molecule has 0 amide bonds. The Kier molecular flexibility index (Phi) is 6.46. The lowest BCUT2D eigenvalue weighted by Gasteiger charge is -2.16. The SMILES string of the molecule is CCCCC(CC)C(=O)OC[C@@H]1CCCN1. The Hall–Kier alpha value is -0.570. The molecule has 0 aliphatic carbocycles. The van der Waals surface area contributed by atoms with Crippen LogP contribution in [0.25, 0.3) is 0 Å². The third-order valence-corrected chi connectivity index (χ3v) is 3.32. The van der Waals surface area contributed by atoms with Crippen LogP contribution in [0.3, 0.4) is 0 Å². The van der Waals surface area contributed by atoms with Crippen molar-refractivity contribution in [3.63, 3.8) is 0 Å². The van der Waals surface area contributed by atoms with Gasteiger partial charge in [0.25, 0.3) is 0 Å². The number of hydrogen-bond donors (Lipinski definition) is 1. The molecule has 1 saturated heterocycles. The molecule has 2 atom stereocenters. The molecule has 1 fully saturated rings. The van der Waals surface area contributed by atoms with E-state index in [2.05, 4.69) is 19.2 Å². The summed E-state index contributed by atoms with van der Waals surface area (Å²) in [5.74, 6) is 0.117. The van der Waals surface area contributed by atoms with Crippen LogP contribution < -0.4 is 5.32 Å². The minimum Gasteiger partial charge on any atom is -0.464 e. The van der Waals surface area contributed by atoms with E-state index in [4.69, 9.17) is 4.74 Å². The molecule has 0 bridgehead atoms. The van der Waals surface area contributed by atoms with E-state index in [0.717, 1.165) is 38.6 Å². The van der Waals surface area contributed by atoms with Gasteiger partial charge in [-0.15, -0.1) is 0 Å². The van der Waals surface area contributed by atoms with E-state index in [1.54, 1.807) is 0 Å². The van der Waals surface area contributed by atoms with Gasteiger partial charge in [0.2, 0.25) is 0 Å². The van der Waals surface area contributed by atoms with Gasteiger partial charge >= 0.3 is 5.97 Å². The highest BCUT2D eigenvalue weighted by Crippen LogP contribution is 2.15. The van der Waals surface area contributed by atoms with E-state index in [-0.39, 0.29) is 11.9 Å². The number of nitrogens with one attached hydrogen (secondary N) is 1. The Bertz CT molecular complexity index is 200. The fourth-order valence-corrected chi connectivity index (χ4v) is 2.14. The zero-order chi connectivity index (χ0) is 11.8. The number of rotatable bonds is 7. The third-order valence-electron chi connectivity index (χ3n) is 3.32. The summed E-state index contributed by atoms with van der Waals surface area (Å²) in [6, 6.07) is 0.396. The molecular weight excluding hydrogens is 202 g/mol. The molecule has 3 nitrogen and oxygen atoms in total. The quantitative estimate of drug-likeness (QED) is 0.679. The zero-order valence-corrected chi connectivity index (χ0v) is 10.6. The third kappa shape index (κ3) is 4.52. The normalized spacial score (nSPS) is 22.0. The zero-order valence-electron chi connectivity index (χ0n) is 10.6. The first kappa shape index (κ1) is 13.5. The Labute approximate surface area is 98.9 Å². The summed E-state index contributed by atoms with van der Waals surface area (Å²) in [6.45, 7) is 5.84. The summed E-state index contributed by atoms with van der Waals surface area (Å²) in [7, 11) is 0. The molecule has 0 aromatic carbocycles. The average Bonchev–Trinajstić information content (AvgIpc) is 2.80. The molecule has 3 heteroatoms. The van der Waals surface area contributed by atoms with E-state index < -0.39 is 0 Å². The number of ether oxygens (including phenoxy) is 1. The summed E-state index contributed by atoms with van der Waals surface area (Å²) < 4.78 is 5.37. The van der Waals surface area contributed by atoms with E-state index in [1.165, 1.54) is 6.42 Å². The maximum atomic E-state index is 11.8. The maximum Gasteiger partial charge on any atom is 0.308 e. The van der Waals surface area contributed by atoms with E-state index in [9.17, 15) is 4.79 Å². The summed E-state index contributed by atoms with van der Waals surface area (Å²) in [4.78, 5) is 11.8. The first-order valence-electron chi connectivity index (χ1n) is 6.68. The van der Waals surface area contributed by atoms with Crippen LogP contribution in [-0.2, 0) is 9.53 Å². The van der Waals surface area contributed by atoms with Gasteiger partial charge in [-0.2, -0.15) is 0 Å². The molecule has 1 heterocycles. The van der Waals surface area contributed by atoms with Gasteiger partial charge in [-0.05, 0) is 32.2 Å². The number of carbonyl (C=O) groups is 1. The second kappa shape index (κ2) is 7.66. The van der Waals surface area contributed by atoms with Crippen LogP contribution in [0, 0.1) is 5.92 Å². The fraction of sp³-hybridized carbons (Fsp3) is 0.923. The summed E-state index contributed by atoms with van der Waals surface area (Å²) in [5.41, 5.74) is 0. The molecule has 1 aliphatic heterocycles. The van der Waals surface area contributed by atoms with E-state index in [1.807, 2.05) is 0 Å². The van der Waals surface area contributed by atoms with E-state index in [0.29, 0.717) is 12.6 Å². The Morgan fingerprint density at radius 2 is 2.31 bits per heavy atom. The van der Waals surface area contributed by atoms with Gasteiger partial charge in [0, 0.05) is 6.04 Å². The average molecular weight is 227 g/mol. The van der Waals surface area contributed by atoms with Crippen LogP contribution in [0.5, 0.6) is 0 Å². The van der Waals surface area contributed by atoms with Crippen molar-refractivity contribution in [2.24, 2.45) is 5.92 Å². The molecule has 0 saturated carbocycles. The highest BCUT2D eigenvalue weighted by Gasteiger charge is 2.20. The number of carbonyl (C=O) groups excluding carboxylic acids is 1.